The van der Waals surface area contributed by atoms with Gasteiger partial charge in [-0.05, 0) is 5.56 Å². The smallest absolute Gasteiger partial charge is 0.231 e. The summed E-state index contributed by atoms with van der Waals surface area (Å²) < 4.78 is 5.01. The van der Waals surface area contributed by atoms with Crippen LogP contribution in [0, 0.1) is 0 Å². The molecule has 0 atom stereocenters. The van der Waals surface area contributed by atoms with Gasteiger partial charge in [-0.25, -0.2) is 0 Å². The zero-order valence-corrected chi connectivity index (χ0v) is 8.24. The maximum absolute atomic E-state index is 5.56. The normalized spacial score (nSPS) is 10.4. The fraction of sp³-hybridized carbons (Fsp3) is 0.200. The van der Waals surface area contributed by atoms with Gasteiger partial charge in [0.05, 0.1) is 12.3 Å². The molecule has 1 heterocycles. The van der Waals surface area contributed by atoms with Gasteiger partial charge in [-0.15, -0.1) is 11.6 Å². The van der Waals surface area contributed by atoms with Crippen LogP contribution in [-0.4, -0.2) is 10.1 Å². The molecule has 14 heavy (non-hydrogen) atoms. The van der Waals surface area contributed by atoms with Crippen LogP contribution in [0.5, 0.6) is 0 Å². The first kappa shape index (κ1) is 9.21. The molecule has 3 nitrogen and oxygen atoms in total. The molecule has 2 rings (SSSR count). The topological polar surface area (TPSA) is 38.9 Å². The highest BCUT2D eigenvalue weighted by atomic mass is 35.5. The van der Waals surface area contributed by atoms with E-state index in [1.54, 1.807) is 0 Å². The molecule has 0 aliphatic heterocycles. The Balaban J connectivity index is 2.11. The van der Waals surface area contributed by atoms with Crippen LogP contribution < -0.4 is 0 Å². The minimum absolute atomic E-state index is 0.290. The molecule has 0 aliphatic rings. The van der Waals surface area contributed by atoms with E-state index in [-0.39, 0.29) is 5.88 Å². The number of nitrogens with zero attached hydrogens (tertiary/aromatic N) is 2. The monoisotopic (exact) mass is 208 g/mol. The van der Waals surface area contributed by atoms with E-state index < -0.39 is 0 Å². The molecule has 0 amide bonds. The molecule has 2 aromatic rings. The number of benzene rings is 1. The first-order valence-corrected chi connectivity index (χ1v) is 4.83. The summed E-state index contributed by atoms with van der Waals surface area (Å²) in [6.45, 7) is 0. The standard InChI is InChI=1S/C10H9ClN2O/c11-7-9-12-10(14-13-9)6-8-4-2-1-3-5-8/h1-5H,6-7H2. The van der Waals surface area contributed by atoms with Crippen molar-refractivity contribution in [3.05, 3.63) is 47.6 Å². The van der Waals surface area contributed by atoms with E-state index in [1.165, 1.54) is 0 Å². The molecule has 1 aromatic heterocycles. The molecular weight excluding hydrogens is 200 g/mol. The average Bonchev–Trinajstić information content (AvgIpc) is 2.67. The van der Waals surface area contributed by atoms with Gasteiger partial charge in [-0.3, -0.25) is 0 Å². The Labute approximate surface area is 86.7 Å². The number of hydrogen-bond acceptors (Lipinski definition) is 3. The van der Waals surface area contributed by atoms with Crippen LogP contribution in [0.1, 0.15) is 17.3 Å². The van der Waals surface area contributed by atoms with Crippen LogP contribution in [0.2, 0.25) is 0 Å². The van der Waals surface area contributed by atoms with Gasteiger partial charge in [-0.2, -0.15) is 4.98 Å². The van der Waals surface area contributed by atoms with E-state index in [9.17, 15) is 0 Å². The second kappa shape index (κ2) is 4.24. The number of alkyl halides is 1. The minimum atomic E-state index is 0.290. The molecule has 0 saturated heterocycles. The fourth-order valence-electron chi connectivity index (χ4n) is 1.19. The van der Waals surface area contributed by atoms with Crippen LogP contribution in [-0.2, 0) is 12.3 Å². The molecule has 0 unspecified atom stereocenters. The van der Waals surface area contributed by atoms with Gasteiger partial charge in [0.1, 0.15) is 0 Å². The van der Waals surface area contributed by atoms with Gasteiger partial charge >= 0.3 is 0 Å². The maximum Gasteiger partial charge on any atom is 0.231 e. The summed E-state index contributed by atoms with van der Waals surface area (Å²) in [6, 6.07) is 9.97. The maximum atomic E-state index is 5.56. The summed E-state index contributed by atoms with van der Waals surface area (Å²) in [5.41, 5.74) is 1.15. The average molecular weight is 209 g/mol. The second-order valence-electron chi connectivity index (χ2n) is 2.90. The van der Waals surface area contributed by atoms with Gasteiger partial charge in [0, 0.05) is 0 Å². The third kappa shape index (κ3) is 2.12. The lowest BCUT2D eigenvalue weighted by Crippen LogP contribution is -1.88. The molecule has 72 valence electrons. The molecule has 0 saturated carbocycles. The first-order valence-electron chi connectivity index (χ1n) is 4.30. The van der Waals surface area contributed by atoms with E-state index >= 15 is 0 Å². The number of aromatic nitrogens is 2. The Morgan fingerprint density at radius 1 is 1.21 bits per heavy atom. The summed E-state index contributed by atoms with van der Waals surface area (Å²) in [4.78, 5) is 4.11. The molecule has 1 aromatic carbocycles. The van der Waals surface area contributed by atoms with Crippen molar-refractivity contribution in [2.75, 3.05) is 0 Å². The van der Waals surface area contributed by atoms with Crippen LogP contribution >= 0.6 is 11.6 Å². The summed E-state index contributed by atoms with van der Waals surface area (Å²) >= 11 is 5.56. The lowest BCUT2D eigenvalue weighted by molar-refractivity contribution is 0.381. The van der Waals surface area contributed by atoms with Gasteiger partial charge in [-0.1, -0.05) is 35.5 Å². The van der Waals surface area contributed by atoms with E-state index in [1.807, 2.05) is 30.3 Å². The molecule has 4 heteroatoms. The Kier molecular flexibility index (Phi) is 2.79. The van der Waals surface area contributed by atoms with Gasteiger partial charge in [0.25, 0.3) is 0 Å². The first-order chi connectivity index (χ1) is 6.88. The molecule has 0 radical (unpaired) electrons. The predicted molar refractivity (Wildman–Crippen MR) is 53.1 cm³/mol. The molecule has 0 aliphatic carbocycles. The Bertz CT molecular complexity index is 400. The lowest BCUT2D eigenvalue weighted by Gasteiger charge is -1.93. The fourth-order valence-corrected chi connectivity index (χ4v) is 1.30. The molecule has 0 N–H and O–H groups in total. The number of rotatable bonds is 3. The second-order valence-corrected chi connectivity index (χ2v) is 3.17. The van der Waals surface area contributed by atoms with E-state index in [0.29, 0.717) is 18.1 Å². The molecule has 0 bridgehead atoms. The van der Waals surface area contributed by atoms with Crippen molar-refractivity contribution in [3.8, 4) is 0 Å². The Hall–Kier alpha value is -1.35. The van der Waals surface area contributed by atoms with Crippen molar-refractivity contribution in [3.63, 3.8) is 0 Å². The van der Waals surface area contributed by atoms with Gasteiger partial charge in [0.15, 0.2) is 5.82 Å². The number of hydrogen-bond donors (Lipinski definition) is 0. The minimum Gasteiger partial charge on any atom is -0.339 e. The lowest BCUT2D eigenvalue weighted by atomic mass is 10.1. The predicted octanol–water partition coefficient (Wildman–Crippen LogP) is 2.40. The molecular formula is C10H9ClN2O. The summed E-state index contributed by atoms with van der Waals surface area (Å²) in [5, 5.41) is 3.71. The van der Waals surface area contributed by atoms with Gasteiger partial charge in [0.2, 0.25) is 5.89 Å². The summed E-state index contributed by atoms with van der Waals surface area (Å²) in [6.07, 6.45) is 0.657. The summed E-state index contributed by atoms with van der Waals surface area (Å²) in [7, 11) is 0. The van der Waals surface area contributed by atoms with Crippen LogP contribution in [0.15, 0.2) is 34.9 Å². The van der Waals surface area contributed by atoms with E-state index in [2.05, 4.69) is 10.1 Å². The highest BCUT2D eigenvalue weighted by Gasteiger charge is 2.05. The van der Waals surface area contributed by atoms with E-state index in [0.717, 1.165) is 5.56 Å². The van der Waals surface area contributed by atoms with Crippen molar-refractivity contribution >= 4 is 11.6 Å². The highest BCUT2D eigenvalue weighted by molar-refractivity contribution is 6.16. The third-order valence-corrected chi connectivity index (χ3v) is 2.07. The van der Waals surface area contributed by atoms with Crippen molar-refractivity contribution in [1.82, 2.24) is 10.1 Å². The third-order valence-electron chi connectivity index (χ3n) is 1.83. The summed E-state index contributed by atoms with van der Waals surface area (Å²) in [5.74, 6) is 1.43. The zero-order valence-electron chi connectivity index (χ0n) is 7.48. The van der Waals surface area contributed by atoms with Crippen molar-refractivity contribution in [1.29, 1.82) is 0 Å². The van der Waals surface area contributed by atoms with Gasteiger partial charge < -0.3 is 4.52 Å². The highest BCUT2D eigenvalue weighted by Crippen LogP contribution is 2.07. The largest absolute Gasteiger partial charge is 0.339 e. The number of halogens is 1. The van der Waals surface area contributed by atoms with Crippen LogP contribution in [0.4, 0.5) is 0 Å². The van der Waals surface area contributed by atoms with Crippen molar-refractivity contribution in [2.24, 2.45) is 0 Å². The quantitative estimate of drug-likeness (QED) is 0.728. The van der Waals surface area contributed by atoms with E-state index in [4.69, 9.17) is 16.1 Å². The zero-order chi connectivity index (χ0) is 9.80. The SMILES string of the molecule is ClCc1noc(Cc2ccccc2)n1. The molecule has 0 fully saturated rings. The van der Waals surface area contributed by atoms with Crippen LogP contribution in [0.25, 0.3) is 0 Å². The molecule has 0 spiro atoms. The van der Waals surface area contributed by atoms with Crippen molar-refractivity contribution in [2.45, 2.75) is 12.3 Å². The van der Waals surface area contributed by atoms with Crippen LogP contribution in [0.3, 0.4) is 0 Å². The van der Waals surface area contributed by atoms with Crippen molar-refractivity contribution < 1.29 is 4.52 Å². The Morgan fingerprint density at radius 2 is 2.00 bits per heavy atom. The Morgan fingerprint density at radius 3 is 2.64 bits per heavy atom.